The number of benzene rings is 2. The van der Waals surface area contributed by atoms with E-state index in [1.165, 1.54) is 5.56 Å². The molecule has 1 N–H and O–H groups in total. The zero-order chi connectivity index (χ0) is 19.9. The van der Waals surface area contributed by atoms with E-state index in [1.54, 1.807) is 11.9 Å². The topological polar surface area (TPSA) is 61.9 Å². The molecule has 1 heterocycles. The number of alkyl carbamates (subject to hydrolysis) is 1. The van der Waals surface area contributed by atoms with Crippen molar-refractivity contribution >= 4 is 12.0 Å². The number of hydrogen-bond acceptors (Lipinski definition) is 4. The summed E-state index contributed by atoms with van der Waals surface area (Å²) in [6.07, 6.45) is -0.478. The fourth-order valence-corrected chi connectivity index (χ4v) is 3.36. The number of aryl methyl sites for hydroxylation is 1. The largest absolute Gasteiger partial charge is 0.445 e. The van der Waals surface area contributed by atoms with Gasteiger partial charge in [0.15, 0.2) is 6.17 Å². The van der Waals surface area contributed by atoms with Crippen LogP contribution in [0.1, 0.15) is 23.1 Å². The molecule has 2 aromatic rings. The summed E-state index contributed by atoms with van der Waals surface area (Å²) in [5, 5.41) is 2.77. The Kier molecular flexibility index (Phi) is 6.66. The second-order valence-electron chi connectivity index (χ2n) is 7.18. The normalized spacial score (nSPS) is 17.9. The average molecular weight is 381 g/mol. The van der Waals surface area contributed by atoms with E-state index in [4.69, 9.17) is 4.74 Å². The van der Waals surface area contributed by atoms with Crippen molar-refractivity contribution in [2.24, 2.45) is 0 Å². The highest BCUT2D eigenvalue weighted by Gasteiger charge is 2.32. The molecule has 1 aliphatic heterocycles. The predicted octanol–water partition coefficient (Wildman–Crippen LogP) is 2.91. The monoisotopic (exact) mass is 381 g/mol. The van der Waals surface area contributed by atoms with Crippen LogP contribution in [0.25, 0.3) is 0 Å². The summed E-state index contributed by atoms with van der Waals surface area (Å²) in [5.41, 5.74) is 3.18. The number of nitrogens with one attached hydrogen (secondary N) is 1. The molecule has 1 fully saturated rings. The van der Waals surface area contributed by atoms with Gasteiger partial charge in [0.05, 0.1) is 0 Å². The summed E-state index contributed by atoms with van der Waals surface area (Å²) < 4.78 is 5.33. The van der Waals surface area contributed by atoms with Crippen molar-refractivity contribution in [3.63, 3.8) is 0 Å². The minimum atomic E-state index is -0.740. The standard InChI is InChI=1S/C22H27N3O3/c1-17-8-6-11-19(14-17)15-25-13-7-12-24(2)21(26)20(25)23-22(27)28-16-18-9-4-3-5-10-18/h3-6,8-11,14,20H,7,12-13,15-16H2,1-2H3,(H,23,27)/t20-/m0/s1. The van der Waals surface area contributed by atoms with Gasteiger partial charge in [-0.2, -0.15) is 0 Å². The van der Waals surface area contributed by atoms with Crippen LogP contribution in [0.3, 0.4) is 0 Å². The van der Waals surface area contributed by atoms with Crippen LogP contribution < -0.4 is 5.32 Å². The van der Waals surface area contributed by atoms with E-state index in [-0.39, 0.29) is 12.5 Å². The van der Waals surface area contributed by atoms with Gasteiger partial charge in [-0.3, -0.25) is 15.0 Å². The molecule has 2 aromatic carbocycles. The fourth-order valence-electron chi connectivity index (χ4n) is 3.36. The van der Waals surface area contributed by atoms with E-state index >= 15 is 0 Å². The maximum atomic E-state index is 12.8. The van der Waals surface area contributed by atoms with Gasteiger partial charge in [-0.1, -0.05) is 60.2 Å². The molecule has 1 atom stereocenters. The van der Waals surface area contributed by atoms with Crippen molar-refractivity contribution in [1.29, 1.82) is 0 Å². The Hall–Kier alpha value is -2.86. The van der Waals surface area contributed by atoms with Crippen LogP contribution in [-0.2, 0) is 22.7 Å². The molecule has 28 heavy (non-hydrogen) atoms. The fraction of sp³-hybridized carbons (Fsp3) is 0.364. The van der Waals surface area contributed by atoms with E-state index in [1.807, 2.05) is 60.4 Å². The summed E-state index contributed by atoms with van der Waals surface area (Å²) in [4.78, 5) is 28.9. The predicted molar refractivity (Wildman–Crippen MR) is 107 cm³/mol. The van der Waals surface area contributed by atoms with Crippen LogP contribution in [0.15, 0.2) is 54.6 Å². The highest BCUT2D eigenvalue weighted by Crippen LogP contribution is 2.15. The minimum absolute atomic E-state index is 0.123. The Balaban J connectivity index is 1.68. The van der Waals surface area contributed by atoms with E-state index < -0.39 is 12.3 Å². The van der Waals surface area contributed by atoms with E-state index in [0.717, 1.165) is 17.5 Å². The van der Waals surface area contributed by atoms with Gasteiger partial charge >= 0.3 is 6.09 Å². The molecule has 0 spiro atoms. The molecule has 6 heteroatoms. The van der Waals surface area contributed by atoms with Crippen LogP contribution in [-0.4, -0.2) is 48.1 Å². The number of likely N-dealkylation sites (N-methyl/N-ethyl adjacent to an activating group) is 1. The first-order valence-corrected chi connectivity index (χ1v) is 9.55. The Labute approximate surface area is 166 Å². The highest BCUT2D eigenvalue weighted by atomic mass is 16.5. The third kappa shape index (κ3) is 5.33. The zero-order valence-electron chi connectivity index (χ0n) is 16.4. The number of amides is 2. The summed E-state index contributed by atoms with van der Waals surface area (Å²) in [7, 11) is 1.77. The Morgan fingerprint density at radius 2 is 1.86 bits per heavy atom. The van der Waals surface area contributed by atoms with Gasteiger partial charge in [0.1, 0.15) is 6.61 Å². The van der Waals surface area contributed by atoms with Gasteiger partial charge in [-0.05, 0) is 24.5 Å². The Bertz CT molecular complexity index is 810. The Morgan fingerprint density at radius 1 is 1.11 bits per heavy atom. The molecule has 0 radical (unpaired) electrons. The summed E-state index contributed by atoms with van der Waals surface area (Å²) in [5.74, 6) is -0.123. The Morgan fingerprint density at radius 3 is 2.61 bits per heavy atom. The first kappa shape index (κ1) is 19.9. The maximum absolute atomic E-state index is 12.8. The van der Waals surface area contributed by atoms with E-state index in [2.05, 4.69) is 11.4 Å². The lowest BCUT2D eigenvalue weighted by molar-refractivity contribution is -0.135. The molecule has 148 valence electrons. The molecule has 0 aromatic heterocycles. The van der Waals surface area contributed by atoms with Gasteiger partial charge in [0, 0.05) is 26.7 Å². The smallest absolute Gasteiger partial charge is 0.409 e. The average Bonchev–Trinajstić information content (AvgIpc) is 2.81. The van der Waals surface area contributed by atoms with Crippen molar-refractivity contribution in [2.45, 2.75) is 32.7 Å². The van der Waals surface area contributed by atoms with Gasteiger partial charge in [0.2, 0.25) is 0 Å². The number of ether oxygens (including phenoxy) is 1. The summed E-state index contributed by atoms with van der Waals surface area (Å²) in [6.45, 7) is 4.18. The van der Waals surface area contributed by atoms with Gasteiger partial charge in [0.25, 0.3) is 5.91 Å². The molecule has 2 amide bonds. The van der Waals surface area contributed by atoms with Crippen molar-refractivity contribution < 1.29 is 14.3 Å². The zero-order valence-corrected chi connectivity index (χ0v) is 16.4. The SMILES string of the molecule is Cc1cccc(CN2CCCN(C)C(=O)[C@H]2NC(=O)OCc2ccccc2)c1. The second-order valence-corrected chi connectivity index (χ2v) is 7.18. The molecule has 0 saturated carbocycles. The minimum Gasteiger partial charge on any atom is -0.445 e. The first-order valence-electron chi connectivity index (χ1n) is 9.55. The lowest BCUT2D eigenvalue weighted by Crippen LogP contribution is -2.55. The third-order valence-electron chi connectivity index (χ3n) is 4.85. The highest BCUT2D eigenvalue weighted by molar-refractivity contribution is 5.85. The summed E-state index contributed by atoms with van der Waals surface area (Å²) in [6, 6.07) is 17.7. The molecule has 0 bridgehead atoms. The van der Waals surface area contributed by atoms with Crippen molar-refractivity contribution in [1.82, 2.24) is 15.1 Å². The number of nitrogens with zero attached hydrogens (tertiary/aromatic N) is 2. The first-order chi connectivity index (χ1) is 13.5. The van der Waals surface area contributed by atoms with Crippen LogP contribution in [0.4, 0.5) is 4.79 Å². The number of carbonyl (C=O) groups excluding carboxylic acids is 2. The van der Waals surface area contributed by atoms with E-state index in [9.17, 15) is 9.59 Å². The van der Waals surface area contributed by atoms with Gasteiger partial charge in [-0.25, -0.2) is 4.79 Å². The van der Waals surface area contributed by atoms with Crippen LogP contribution in [0, 0.1) is 6.92 Å². The molecule has 1 aliphatic rings. The lowest BCUT2D eigenvalue weighted by Gasteiger charge is -2.30. The maximum Gasteiger partial charge on any atom is 0.409 e. The number of hydrogen-bond donors (Lipinski definition) is 1. The molecule has 6 nitrogen and oxygen atoms in total. The van der Waals surface area contributed by atoms with Crippen molar-refractivity contribution in [3.8, 4) is 0 Å². The number of rotatable bonds is 5. The van der Waals surface area contributed by atoms with Crippen LogP contribution in [0.2, 0.25) is 0 Å². The molecule has 1 saturated heterocycles. The van der Waals surface area contributed by atoms with Crippen LogP contribution in [0.5, 0.6) is 0 Å². The second kappa shape index (κ2) is 9.37. The van der Waals surface area contributed by atoms with Gasteiger partial charge < -0.3 is 9.64 Å². The van der Waals surface area contributed by atoms with Crippen LogP contribution >= 0.6 is 0 Å². The van der Waals surface area contributed by atoms with Gasteiger partial charge in [-0.15, -0.1) is 0 Å². The molecular weight excluding hydrogens is 354 g/mol. The molecular formula is C22H27N3O3. The number of carbonyl (C=O) groups is 2. The van der Waals surface area contributed by atoms with Crippen molar-refractivity contribution in [2.75, 3.05) is 20.1 Å². The lowest BCUT2D eigenvalue weighted by atomic mass is 10.1. The molecule has 0 unspecified atom stereocenters. The van der Waals surface area contributed by atoms with E-state index in [0.29, 0.717) is 19.6 Å². The summed E-state index contributed by atoms with van der Waals surface area (Å²) >= 11 is 0. The quantitative estimate of drug-likeness (QED) is 0.865. The third-order valence-corrected chi connectivity index (χ3v) is 4.85. The molecule has 3 rings (SSSR count). The molecule has 0 aliphatic carbocycles. The van der Waals surface area contributed by atoms with Crippen molar-refractivity contribution in [3.05, 3.63) is 71.3 Å².